The number of rotatable bonds is 6. The molecule has 108 valence electrons. The Morgan fingerprint density at radius 2 is 1.70 bits per heavy atom. The fourth-order valence-electron chi connectivity index (χ4n) is 2.46. The quantitative estimate of drug-likeness (QED) is 0.761. The molecule has 1 aromatic carbocycles. The Kier molecular flexibility index (Phi) is 5.38. The maximum Gasteiger partial charge on any atom is 0.0438 e. The van der Waals surface area contributed by atoms with Gasteiger partial charge in [-0.2, -0.15) is 0 Å². The van der Waals surface area contributed by atoms with E-state index in [1.807, 2.05) is 11.3 Å². The highest BCUT2D eigenvalue weighted by Crippen LogP contribution is 2.34. The van der Waals surface area contributed by atoms with Crippen molar-refractivity contribution < 1.29 is 0 Å². The van der Waals surface area contributed by atoms with E-state index >= 15 is 0 Å². The second kappa shape index (κ2) is 7.05. The topological polar surface area (TPSA) is 12.0 Å². The predicted octanol–water partition coefficient (Wildman–Crippen LogP) is 5.28. The van der Waals surface area contributed by atoms with Gasteiger partial charge in [0.05, 0.1) is 0 Å². The molecule has 0 bridgehead atoms. The molecule has 1 atom stereocenters. The van der Waals surface area contributed by atoms with Gasteiger partial charge < -0.3 is 5.32 Å². The van der Waals surface area contributed by atoms with Crippen LogP contribution in [0.1, 0.15) is 44.2 Å². The van der Waals surface area contributed by atoms with Crippen molar-refractivity contribution in [2.24, 2.45) is 5.92 Å². The smallest absolute Gasteiger partial charge is 0.0438 e. The summed E-state index contributed by atoms with van der Waals surface area (Å²) in [6.07, 6.45) is 1.10. The Labute approximate surface area is 127 Å². The van der Waals surface area contributed by atoms with Crippen molar-refractivity contribution in [3.8, 4) is 10.4 Å². The second-order valence-electron chi connectivity index (χ2n) is 5.53. The minimum atomic E-state index is 0.466. The molecule has 0 saturated heterocycles. The molecule has 2 aromatic rings. The number of benzene rings is 1. The van der Waals surface area contributed by atoms with Crippen molar-refractivity contribution in [1.82, 2.24) is 5.32 Å². The maximum atomic E-state index is 3.59. The molecule has 20 heavy (non-hydrogen) atoms. The van der Waals surface area contributed by atoms with E-state index in [9.17, 15) is 0 Å². The third-order valence-corrected chi connectivity index (χ3v) is 4.89. The predicted molar refractivity (Wildman–Crippen MR) is 90.4 cm³/mol. The van der Waals surface area contributed by atoms with Crippen molar-refractivity contribution >= 4 is 11.3 Å². The first kappa shape index (κ1) is 15.3. The van der Waals surface area contributed by atoms with Crippen molar-refractivity contribution in [1.29, 1.82) is 0 Å². The van der Waals surface area contributed by atoms with Crippen molar-refractivity contribution in [3.63, 3.8) is 0 Å². The second-order valence-corrected chi connectivity index (χ2v) is 6.65. The van der Waals surface area contributed by atoms with Crippen LogP contribution < -0.4 is 5.32 Å². The molecule has 0 saturated carbocycles. The molecule has 0 fully saturated rings. The number of hydrogen-bond acceptors (Lipinski definition) is 2. The third kappa shape index (κ3) is 3.50. The highest BCUT2D eigenvalue weighted by Gasteiger charge is 2.16. The summed E-state index contributed by atoms with van der Waals surface area (Å²) in [4.78, 5) is 2.81. The highest BCUT2D eigenvalue weighted by atomic mass is 32.1. The average Bonchev–Trinajstić information content (AvgIpc) is 2.94. The van der Waals surface area contributed by atoms with Crippen molar-refractivity contribution in [3.05, 3.63) is 46.8 Å². The Bertz CT molecular complexity index is 525. The minimum absolute atomic E-state index is 0.466. The molecule has 1 aromatic heterocycles. The van der Waals surface area contributed by atoms with Gasteiger partial charge in [-0.25, -0.2) is 0 Å². The van der Waals surface area contributed by atoms with E-state index in [-0.39, 0.29) is 0 Å². The zero-order chi connectivity index (χ0) is 14.5. The lowest BCUT2D eigenvalue weighted by atomic mass is 10.0. The van der Waals surface area contributed by atoms with E-state index in [1.165, 1.54) is 20.9 Å². The van der Waals surface area contributed by atoms with Gasteiger partial charge in [0.2, 0.25) is 0 Å². The first-order valence-corrected chi connectivity index (χ1v) is 8.39. The van der Waals surface area contributed by atoms with Gasteiger partial charge in [0, 0.05) is 15.8 Å². The van der Waals surface area contributed by atoms with Gasteiger partial charge in [0.25, 0.3) is 0 Å². The lowest BCUT2D eigenvalue weighted by Gasteiger charge is -2.20. The molecule has 1 heterocycles. The van der Waals surface area contributed by atoms with Gasteiger partial charge in [0.1, 0.15) is 0 Å². The fourth-order valence-corrected chi connectivity index (χ4v) is 3.73. The Balaban J connectivity index is 2.22. The molecule has 0 aliphatic heterocycles. The molecule has 0 aliphatic carbocycles. The van der Waals surface area contributed by atoms with Crippen LogP contribution in [-0.4, -0.2) is 6.54 Å². The molecule has 0 spiro atoms. The zero-order valence-corrected chi connectivity index (χ0v) is 13.8. The molecule has 1 nitrogen and oxygen atoms in total. The number of thiophene rings is 1. The molecule has 0 aliphatic rings. The van der Waals surface area contributed by atoms with Gasteiger partial charge >= 0.3 is 0 Å². The largest absolute Gasteiger partial charge is 0.309 e. The number of aryl methyl sites for hydroxylation is 1. The van der Waals surface area contributed by atoms with E-state index in [4.69, 9.17) is 0 Å². The summed E-state index contributed by atoms with van der Waals surface area (Å²) in [7, 11) is 0. The molecule has 2 heteroatoms. The van der Waals surface area contributed by atoms with E-state index in [1.54, 1.807) is 0 Å². The minimum Gasteiger partial charge on any atom is -0.309 e. The van der Waals surface area contributed by atoms with Crippen molar-refractivity contribution in [2.45, 2.75) is 40.2 Å². The lowest BCUT2D eigenvalue weighted by Crippen LogP contribution is -2.24. The summed E-state index contributed by atoms with van der Waals surface area (Å²) in [5, 5.41) is 3.59. The normalized spacial score (nSPS) is 12.8. The average molecular weight is 287 g/mol. The van der Waals surface area contributed by atoms with Gasteiger partial charge in [-0.1, -0.05) is 52.0 Å². The molecular formula is C18H25NS. The van der Waals surface area contributed by atoms with E-state index in [0.29, 0.717) is 12.0 Å². The fraction of sp³-hybridized carbons (Fsp3) is 0.444. The van der Waals surface area contributed by atoms with Crippen LogP contribution in [0.2, 0.25) is 0 Å². The van der Waals surface area contributed by atoms with E-state index in [0.717, 1.165) is 13.0 Å². The standard InChI is InChI=1S/C18H25NS/c1-5-14-7-9-15(10-8-14)16-11-12-17(20-16)18(13(3)4)19-6-2/h7-13,18-19H,5-6H2,1-4H3. The van der Waals surface area contributed by atoms with Gasteiger partial charge in [-0.15, -0.1) is 11.3 Å². The van der Waals surface area contributed by atoms with Crippen LogP contribution in [0.4, 0.5) is 0 Å². The highest BCUT2D eigenvalue weighted by molar-refractivity contribution is 7.15. The van der Waals surface area contributed by atoms with Gasteiger partial charge in [0.15, 0.2) is 0 Å². The Morgan fingerprint density at radius 1 is 1.00 bits per heavy atom. The first-order chi connectivity index (χ1) is 9.65. The Morgan fingerprint density at radius 3 is 2.25 bits per heavy atom. The van der Waals surface area contributed by atoms with Gasteiger partial charge in [-0.05, 0) is 42.1 Å². The molecule has 1 unspecified atom stereocenters. The summed E-state index contributed by atoms with van der Waals surface area (Å²) in [6.45, 7) is 9.95. The van der Waals surface area contributed by atoms with Crippen LogP contribution in [-0.2, 0) is 6.42 Å². The van der Waals surface area contributed by atoms with Crippen LogP contribution >= 0.6 is 11.3 Å². The first-order valence-electron chi connectivity index (χ1n) is 7.58. The van der Waals surface area contributed by atoms with E-state index < -0.39 is 0 Å². The van der Waals surface area contributed by atoms with Crippen LogP contribution in [0.25, 0.3) is 10.4 Å². The monoisotopic (exact) mass is 287 g/mol. The summed E-state index contributed by atoms with van der Waals surface area (Å²) in [6, 6.07) is 14.0. The molecular weight excluding hydrogens is 262 g/mol. The summed E-state index contributed by atoms with van der Waals surface area (Å²) in [5.74, 6) is 0.615. The van der Waals surface area contributed by atoms with Crippen LogP contribution in [0.3, 0.4) is 0 Å². The molecule has 2 rings (SSSR count). The molecule has 1 N–H and O–H groups in total. The number of hydrogen-bond donors (Lipinski definition) is 1. The van der Waals surface area contributed by atoms with Crippen LogP contribution in [0.5, 0.6) is 0 Å². The van der Waals surface area contributed by atoms with Crippen molar-refractivity contribution in [2.75, 3.05) is 6.54 Å². The summed E-state index contributed by atoms with van der Waals surface area (Å²) in [5.41, 5.74) is 2.73. The SMILES string of the molecule is CCNC(c1ccc(-c2ccc(CC)cc2)s1)C(C)C. The molecule has 0 radical (unpaired) electrons. The zero-order valence-electron chi connectivity index (χ0n) is 12.9. The van der Waals surface area contributed by atoms with Gasteiger partial charge in [-0.3, -0.25) is 0 Å². The Hall–Kier alpha value is -1.12. The third-order valence-electron chi connectivity index (χ3n) is 3.67. The lowest BCUT2D eigenvalue weighted by molar-refractivity contribution is 0.428. The maximum absolute atomic E-state index is 3.59. The number of nitrogens with one attached hydrogen (secondary N) is 1. The van der Waals surface area contributed by atoms with Crippen LogP contribution in [0, 0.1) is 5.92 Å². The summed E-state index contributed by atoms with van der Waals surface area (Å²) < 4.78 is 0. The summed E-state index contributed by atoms with van der Waals surface area (Å²) >= 11 is 1.91. The molecule has 0 amide bonds. The van der Waals surface area contributed by atoms with E-state index in [2.05, 4.69) is 69.4 Å². The van der Waals surface area contributed by atoms with Crippen LogP contribution in [0.15, 0.2) is 36.4 Å².